The molecule has 0 fully saturated rings. The maximum Gasteiger partial charge on any atom is 0.134 e. The van der Waals surface area contributed by atoms with Crippen LogP contribution in [0, 0.1) is 0 Å². The molecule has 2 heterocycles. The summed E-state index contributed by atoms with van der Waals surface area (Å²) in [6.07, 6.45) is 6.11. The number of nitrogens with zero attached hydrogens (tertiary/aromatic N) is 1. The molecule has 0 aromatic heterocycles. The highest BCUT2D eigenvalue weighted by Gasteiger charge is 2.13. The van der Waals surface area contributed by atoms with Crippen molar-refractivity contribution in [2.45, 2.75) is 0 Å². The standard InChI is InChI=1S/C12H11N3/c1-2-6-11-10(5-1)14-8-9-4-3-7-13-12(9)15-11/h1-6,8,14H,7H2,(H,13,15). The lowest BCUT2D eigenvalue weighted by molar-refractivity contribution is 1.21. The number of dihydropyridines is 1. The van der Waals surface area contributed by atoms with Gasteiger partial charge in [-0.15, -0.1) is 0 Å². The summed E-state index contributed by atoms with van der Waals surface area (Å²) < 4.78 is 0. The van der Waals surface area contributed by atoms with Crippen molar-refractivity contribution in [3.8, 4) is 0 Å². The fourth-order valence-corrected chi connectivity index (χ4v) is 1.72. The summed E-state index contributed by atoms with van der Waals surface area (Å²) in [7, 11) is 0. The Hall–Kier alpha value is -2.03. The molecule has 1 aromatic carbocycles. The van der Waals surface area contributed by atoms with E-state index in [1.165, 1.54) is 0 Å². The van der Waals surface area contributed by atoms with Gasteiger partial charge in [0, 0.05) is 11.8 Å². The molecule has 0 unspecified atom stereocenters. The number of aliphatic imine (C=N–C) groups is 1. The topological polar surface area (TPSA) is 36.4 Å². The van der Waals surface area contributed by atoms with Gasteiger partial charge in [0.2, 0.25) is 0 Å². The van der Waals surface area contributed by atoms with Crippen molar-refractivity contribution in [3.63, 3.8) is 0 Å². The Balaban J connectivity index is 2.07. The maximum atomic E-state index is 4.42. The molecule has 0 saturated carbocycles. The summed E-state index contributed by atoms with van der Waals surface area (Å²) in [5.74, 6) is 0.940. The van der Waals surface area contributed by atoms with Gasteiger partial charge in [-0.05, 0) is 12.1 Å². The van der Waals surface area contributed by atoms with Gasteiger partial charge in [0.1, 0.15) is 5.84 Å². The molecular weight excluding hydrogens is 186 g/mol. The Kier molecular flexibility index (Phi) is 1.81. The monoisotopic (exact) mass is 197 g/mol. The number of rotatable bonds is 0. The third-order valence-electron chi connectivity index (χ3n) is 2.49. The van der Waals surface area contributed by atoms with Gasteiger partial charge >= 0.3 is 0 Å². The molecule has 2 N–H and O–H groups in total. The van der Waals surface area contributed by atoms with Gasteiger partial charge < -0.3 is 10.6 Å². The van der Waals surface area contributed by atoms with E-state index < -0.39 is 0 Å². The lowest BCUT2D eigenvalue weighted by Crippen LogP contribution is -2.15. The third-order valence-corrected chi connectivity index (χ3v) is 2.49. The quantitative estimate of drug-likeness (QED) is 0.670. The lowest BCUT2D eigenvalue weighted by atomic mass is 10.2. The number of para-hydroxylation sites is 2. The molecule has 0 aliphatic carbocycles. The van der Waals surface area contributed by atoms with Crippen LogP contribution in [0.4, 0.5) is 11.4 Å². The molecule has 0 radical (unpaired) electrons. The van der Waals surface area contributed by atoms with Gasteiger partial charge in [-0.2, -0.15) is 0 Å². The largest absolute Gasteiger partial charge is 0.359 e. The van der Waals surface area contributed by atoms with Crippen LogP contribution < -0.4 is 10.6 Å². The normalized spacial score (nSPS) is 17.3. The van der Waals surface area contributed by atoms with Crippen molar-refractivity contribution in [1.29, 1.82) is 0 Å². The fraction of sp³-hybridized carbons (Fsp3) is 0.0833. The second-order valence-corrected chi connectivity index (χ2v) is 3.51. The van der Waals surface area contributed by atoms with Crippen LogP contribution in [-0.4, -0.2) is 12.4 Å². The number of benzene rings is 1. The van der Waals surface area contributed by atoms with E-state index in [9.17, 15) is 0 Å². The summed E-state index contributed by atoms with van der Waals surface area (Å²) in [6, 6.07) is 8.11. The van der Waals surface area contributed by atoms with Crippen molar-refractivity contribution >= 4 is 17.2 Å². The second-order valence-electron chi connectivity index (χ2n) is 3.51. The van der Waals surface area contributed by atoms with Crippen molar-refractivity contribution in [3.05, 3.63) is 48.2 Å². The number of hydrogen-bond acceptors (Lipinski definition) is 3. The minimum Gasteiger partial charge on any atom is -0.359 e. The first kappa shape index (κ1) is 8.29. The van der Waals surface area contributed by atoms with Crippen molar-refractivity contribution in [2.75, 3.05) is 17.2 Å². The van der Waals surface area contributed by atoms with E-state index in [1.807, 2.05) is 30.5 Å². The average Bonchev–Trinajstić information content (AvgIpc) is 2.48. The Bertz CT molecular complexity index is 483. The molecule has 74 valence electrons. The smallest absolute Gasteiger partial charge is 0.134 e. The summed E-state index contributed by atoms with van der Waals surface area (Å²) >= 11 is 0. The molecule has 0 spiro atoms. The number of nitrogens with one attached hydrogen (secondary N) is 2. The van der Waals surface area contributed by atoms with Crippen molar-refractivity contribution in [2.24, 2.45) is 4.99 Å². The number of amidine groups is 1. The van der Waals surface area contributed by atoms with Crippen LogP contribution in [0.2, 0.25) is 0 Å². The minimum atomic E-state index is 0.752. The predicted octanol–water partition coefficient (Wildman–Crippen LogP) is 2.38. The SMILES string of the molecule is C1=CC2=CNc3ccccc3NC2=NC1. The molecule has 2 aliphatic heterocycles. The first-order chi connectivity index (χ1) is 7.43. The van der Waals surface area contributed by atoms with Crippen molar-refractivity contribution in [1.82, 2.24) is 0 Å². The zero-order chi connectivity index (χ0) is 10.1. The summed E-state index contributed by atoms with van der Waals surface area (Å²) in [5, 5.41) is 6.60. The highest BCUT2D eigenvalue weighted by Crippen LogP contribution is 2.25. The highest BCUT2D eigenvalue weighted by molar-refractivity contribution is 6.12. The molecule has 1 aromatic rings. The molecule has 3 nitrogen and oxygen atoms in total. The van der Waals surface area contributed by atoms with Crippen LogP contribution in [0.1, 0.15) is 0 Å². The number of hydrogen-bond donors (Lipinski definition) is 2. The van der Waals surface area contributed by atoms with Crippen LogP contribution in [0.5, 0.6) is 0 Å². The Morgan fingerprint density at radius 3 is 2.93 bits per heavy atom. The van der Waals surface area contributed by atoms with Crippen molar-refractivity contribution < 1.29 is 0 Å². The van der Waals surface area contributed by atoms with Gasteiger partial charge in [-0.25, -0.2) is 0 Å². The molecule has 0 amide bonds. The second kappa shape index (κ2) is 3.28. The van der Waals surface area contributed by atoms with Gasteiger partial charge in [-0.1, -0.05) is 24.3 Å². The van der Waals surface area contributed by atoms with E-state index >= 15 is 0 Å². The predicted molar refractivity (Wildman–Crippen MR) is 63.2 cm³/mol. The molecule has 3 heteroatoms. The van der Waals surface area contributed by atoms with Crippen LogP contribution in [0.15, 0.2) is 53.2 Å². The van der Waals surface area contributed by atoms with Crippen LogP contribution in [-0.2, 0) is 0 Å². The Labute approximate surface area is 88.2 Å². The van der Waals surface area contributed by atoms with Gasteiger partial charge in [-0.3, -0.25) is 4.99 Å². The molecule has 2 aliphatic rings. The zero-order valence-corrected chi connectivity index (χ0v) is 8.20. The molecule has 0 saturated heterocycles. The number of fused-ring (bicyclic) bond motifs is 2. The third kappa shape index (κ3) is 1.42. The summed E-state index contributed by atoms with van der Waals surface area (Å²) in [4.78, 5) is 4.42. The van der Waals surface area contributed by atoms with Crippen LogP contribution in [0.3, 0.4) is 0 Å². The molecule has 0 bridgehead atoms. The van der Waals surface area contributed by atoms with E-state index in [0.29, 0.717) is 0 Å². The molecule has 0 atom stereocenters. The van der Waals surface area contributed by atoms with E-state index in [1.54, 1.807) is 0 Å². The first-order valence-electron chi connectivity index (χ1n) is 4.97. The van der Waals surface area contributed by atoms with Gasteiger partial charge in [0.15, 0.2) is 0 Å². The first-order valence-corrected chi connectivity index (χ1v) is 4.97. The molecule has 15 heavy (non-hydrogen) atoms. The minimum absolute atomic E-state index is 0.752. The van der Waals surface area contributed by atoms with E-state index in [0.717, 1.165) is 29.3 Å². The maximum absolute atomic E-state index is 4.42. The average molecular weight is 197 g/mol. The highest BCUT2D eigenvalue weighted by atomic mass is 15.0. The van der Waals surface area contributed by atoms with E-state index in [2.05, 4.69) is 27.8 Å². The fourth-order valence-electron chi connectivity index (χ4n) is 1.72. The number of anilines is 2. The molecule has 3 rings (SSSR count). The Morgan fingerprint density at radius 1 is 1.13 bits per heavy atom. The van der Waals surface area contributed by atoms with Gasteiger partial charge in [0.25, 0.3) is 0 Å². The van der Waals surface area contributed by atoms with Crippen LogP contribution in [0.25, 0.3) is 0 Å². The molecular formula is C12H11N3. The van der Waals surface area contributed by atoms with Crippen LogP contribution >= 0.6 is 0 Å². The van der Waals surface area contributed by atoms with E-state index in [4.69, 9.17) is 0 Å². The zero-order valence-electron chi connectivity index (χ0n) is 8.20. The lowest BCUT2D eigenvalue weighted by Gasteiger charge is -2.11. The Morgan fingerprint density at radius 2 is 2.00 bits per heavy atom. The van der Waals surface area contributed by atoms with E-state index in [-0.39, 0.29) is 0 Å². The van der Waals surface area contributed by atoms with Gasteiger partial charge in [0.05, 0.1) is 17.9 Å². The summed E-state index contributed by atoms with van der Waals surface area (Å²) in [5.41, 5.74) is 3.24. The summed E-state index contributed by atoms with van der Waals surface area (Å²) in [6.45, 7) is 0.752.